The van der Waals surface area contributed by atoms with Crippen molar-refractivity contribution in [2.45, 2.75) is 26.8 Å². The van der Waals surface area contributed by atoms with Gasteiger partial charge in [0.25, 0.3) is 5.91 Å². The number of anilines is 1. The first-order chi connectivity index (χ1) is 13.3. The minimum atomic E-state index is -0.454. The van der Waals surface area contributed by atoms with Crippen LogP contribution in [0.1, 0.15) is 30.0 Å². The first-order valence-corrected chi connectivity index (χ1v) is 8.79. The summed E-state index contributed by atoms with van der Waals surface area (Å²) in [6.07, 6.45) is 1.33. The second-order valence-corrected chi connectivity index (χ2v) is 6.71. The number of guanidine groups is 1. The standard InChI is InChI=1S/C18H18ClFN6O2/c1-9(2)22-18(24-17(27)14-8-21-28-10(14)3)23-16-7-15(25-26-16)11-4-12(19)6-13(20)5-11/h4-9H,1-3H3,(H3,22,23,24,25,26,27). The topological polar surface area (TPSA) is 108 Å². The molecule has 1 aromatic carbocycles. The van der Waals surface area contributed by atoms with Crippen molar-refractivity contribution < 1.29 is 13.7 Å². The summed E-state index contributed by atoms with van der Waals surface area (Å²) in [4.78, 5) is 16.7. The van der Waals surface area contributed by atoms with Gasteiger partial charge in [0.15, 0.2) is 5.82 Å². The van der Waals surface area contributed by atoms with Crippen molar-refractivity contribution in [1.29, 1.82) is 0 Å². The summed E-state index contributed by atoms with van der Waals surface area (Å²) in [5, 5.41) is 16.4. The number of halogens is 2. The average molecular weight is 405 g/mol. The Morgan fingerprint density at radius 2 is 2.11 bits per heavy atom. The number of hydrogen-bond acceptors (Lipinski definition) is 5. The monoisotopic (exact) mass is 404 g/mol. The predicted molar refractivity (Wildman–Crippen MR) is 104 cm³/mol. The molecule has 0 saturated heterocycles. The summed E-state index contributed by atoms with van der Waals surface area (Å²) in [5.41, 5.74) is 1.39. The number of aromatic nitrogens is 3. The van der Waals surface area contributed by atoms with E-state index < -0.39 is 11.7 Å². The minimum absolute atomic E-state index is 0.0909. The van der Waals surface area contributed by atoms with Gasteiger partial charge < -0.3 is 9.84 Å². The number of aliphatic imine (C=N–C) groups is 1. The van der Waals surface area contributed by atoms with E-state index in [4.69, 9.17) is 16.1 Å². The number of benzene rings is 1. The Hall–Kier alpha value is -3.20. The van der Waals surface area contributed by atoms with Gasteiger partial charge in [-0.2, -0.15) is 5.10 Å². The molecule has 0 aliphatic heterocycles. The van der Waals surface area contributed by atoms with Crippen LogP contribution in [0.25, 0.3) is 11.3 Å². The van der Waals surface area contributed by atoms with Gasteiger partial charge in [-0.05, 0) is 39.0 Å². The lowest BCUT2D eigenvalue weighted by molar-refractivity contribution is 0.0975. The van der Waals surface area contributed by atoms with Gasteiger partial charge in [0.2, 0.25) is 5.96 Å². The Labute approximate surface area is 165 Å². The van der Waals surface area contributed by atoms with Crippen LogP contribution in [0.2, 0.25) is 5.02 Å². The Morgan fingerprint density at radius 3 is 2.75 bits per heavy atom. The summed E-state index contributed by atoms with van der Waals surface area (Å²) in [7, 11) is 0. The SMILES string of the molecule is Cc1oncc1C(=O)NC(=NC(C)C)Nc1cc(-c2cc(F)cc(Cl)c2)[nH]n1. The summed E-state index contributed by atoms with van der Waals surface area (Å²) in [6.45, 7) is 5.37. The quantitative estimate of drug-likeness (QED) is 0.453. The van der Waals surface area contributed by atoms with E-state index in [-0.39, 0.29) is 17.0 Å². The Bertz CT molecular complexity index is 1010. The highest BCUT2D eigenvalue weighted by molar-refractivity contribution is 6.30. The maximum Gasteiger partial charge on any atom is 0.263 e. The third-order valence-electron chi connectivity index (χ3n) is 3.61. The molecular formula is C18H18ClFN6O2. The van der Waals surface area contributed by atoms with Crippen molar-refractivity contribution in [2.75, 3.05) is 5.32 Å². The average Bonchev–Trinajstić information content (AvgIpc) is 3.22. The molecule has 0 fully saturated rings. The Morgan fingerprint density at radius 1 is 1.32 bits per heavy atom. The maximum absolute atomic E-state index is 13.6. The minimum Gasteiger partial charge on any atom is -0.361 e. The number of hydrogen-bond donors (Lipinski definition) is 3. The molecule has 10 heteroatoms. The van der Waals surface area contributed by atoms with E-state index in [1.165, 1.54) is 18.3 Å². The van der Waals surface area contributed by atoms with Gasteiger partial charge >= 0.3 is 0 Å². The fraction of sp³-hybridized carbons (Fsp3) is 0.222. The molecule has 0 unspecified atom stereocenters. The fourth-order valence-corrected chi connectivity index (χ4v) is 2.63. The fourth-order valence-electron chi connectivity index (χ4n) is 2.41. The van der Waals surface area contributed by atoms with E-state index in [0.29, 0.717) is 28.4 Å². The number of amides is 1. The third-order valence-corrected chi connectivity index (χ3v) is 3.83. The number of aryl methyl sites for hydroxylation is 1. The largest absolute Gasteiger partial charge is 0.361 e. The zero-order valence-electron chi connectivity index (χ0n) is 15.4. The van der Waals surface area contributed by atoms with Crippen LogP contribution in [0.15, 0.2) is 40.0 Å². The van der Waals surface area contributed by atoms with Crippen LogP contribution in [0.4, 0.5) is 10.2 Å². The van der Waals surface area contributed by atoms with Gasteiger partial charge in [0.05, 0.1) is 11.9 Å². The number of nitrogens with one attached hydrogen (secondary N) is 3. The molecule has 0 bridgehead atoms. The van der Waals surface area contributed by atoms with Crippen molar-refractivity contribution in [3.8, 4) is 11.3 Å². The smallest absolute Gasteiger partial charge is 0.263 e. The van der Waals surface area contributed by atoms with Gasteiger partial charge in [0, 0.05) is 22.7 Å². The number of aromatic amines is 1. The van der Waals surface area contributed by atoms with Crippen LogP contribution >= 0.6 is 11.6 Å². The summed E-state index contributed by atoms with van der Waals surface area (Å²) in [6, 6.07) is 5.73. The first kappa shape index (κ1) is 19.6. The molecule has 146 valence electrons. The molecule has 3 aromatic rings. The number of carbonyl (C=O) groups excluding carboxylic acids is 1. The number of H-pyrrole nitrogens is 1. The highest BCUT2D eigenvalue weighted by Gasteiger charge is 2.16. The number of nitrogens with zero attached hydrogens (tertiary/aromatic N) is 3. The lowest BCUT2D eigenvalue weighted by Crippen LogP contribution is -2.37. The van der Waals surface area contributed by atoms with Gasteiger partial charge in [-0.3, -0.25) is 15.2 Å². The molecule has 0 aliphatic rings. The van der Waals surface area contributed by atoms with Gasteiger partial charge in [-0.15, -0.1) is 0 Å². The zero-order chi connectivity index (χ0) is 20.3. The highest BCUT2D eigenvalue weighted by Crippen LogP contribution is 2.24. The van der Waals surface area contributed by atoms with E-state index in [2.05, 4.69) is 31.0 Å². The van der Waals surface area contributed by atoms with Crippen molar-refractivity contribution in [2.24, 2.45) is 4.99 Å². The molecule has 2 heterocycles. The van der Waals surface area contributed by atoms with E-state index >= 15 is 0 Å². The number of carbonyl (C=O) groups is 1. The molecule has 28 heavy (non-hydrogen) atoms. The van der Waals surface area contributed by atoms with Crippen LogP contribution in [0.5, 0.6) is 0 Å². The van der Waals surface area contributed by atoms with Gasteiger partial charge in [-0.25, -0.2) is 9.38 Å². The molecule has 0 radical (unpaired) electrons. The van der Waals surface area contributed by atoms with Crippen molar-refractivity contribution in [3.63, 3.8) is 0 Å². The van der Waals surface area contributed by atoms with Crippen LogP contribution in [0.3, 0.4) is 0 Å². The molecule has 0 aliphatic carbocycles. The molecule has 0 saturated carbocycles. The van der Waals surface area contributed by atoms with E-state index in [1.54, 1.807) is 19.1 Å². The van der Waals surface area contributed by atoms with Crippen LogP contribution in [-0.4, -0.2) is 33.3 Å². The zero-order valence-corrected chi connectivity index (χ0v) is 16.1. The second kappa shape index (κ2) is 8.22. The first-order valence-electron chi connectivity index (χ1n) is 8.41. The molecule has 3 rings (SSSR count). The summed E-state index contributed by atoms with van der Waals surface area (Å²) < 4.78 is 18.5. The number of rotatable bonds is 4. The highest BCUT2D eigenvalue weighted by atomic mass is 35.5. The van der Waals surface area contributed by atoms with Crippen LogP contribution in [0, 0.1) is 12.7 Å². The van der Waals surface area contributed by atoms with Gasteiger partial charge in [0.1, 0.15) is 17.1 Å². The van der Waals surface area contributed by atoms with Crippen molar-refractivity contribution >= 4 is 29.3 Å². The Balaban J connectivity index is 1.79. The van der Waals surface area contributed by atoms with Crippen molar-refractivity contribution in [1.82, 2.24) is 20.7 Å². The van der Waals surface area contributed by atoms with Gasteiger partial charge in [-0.1, -0.05) is 16.8 Å². The second-order valence-electron chi connectivity index (χ2n) is 6.27. The van der Waals surface area contributed by atoms with Crippen LogP contribution < -0.4 is 10.6 Å². The molecule has 3 N–H and O–H groups in total. The third kappa shape index (κ3) is 4.74. The molecule has 2 aromatic heterocycles. The van der Waals surface area contributed by atoms with E-state index in [9.17, 15) is 9.18 Å². The molecular weight excluding hydrogens is 387 g/mol. The molecule has 0 atom stereocenters. The Kier molecular flexibility index (Phi) is 5.74. The lowest BCUT2D eigenvalue weighted by Gasteiger charge is -2.10. The maximum atomic E-state index is 13.6. The molecule has 8 nitrogen and oxygen atoms in total. The van der Waals surface area contributed by atoms with E-state index in [1.807, 2.05) is 13.8 Å². The lowest BCUT2D eigenvalue weighted by atomic mass is 10.1. The summed E-state index contributed by atoms with van der Waals surface area (Å²) >= 11 is 5.90. The van der Waals surface area contributed by atoms with E-state index in [0.717, 1.165) is 0 Å². The molecule has 1 amide bonds. The van der Waals surface area contributed by atoms with Crippen LogP contribution in [-0.2, 0) is 0 Å². The predicted octanol–water partition coefficient (Wildman–Crippen LogP) is 3.77. The normalized spacial score (nSPS) is 11.7. The van der Waals surface area contributed by atoms with Crippen molar-refractivity contribution in [3.05, 3.63) is 52.6 Å². The summed E-state index contributed by atoms with van der Waals surface area (Å²) in [5.74, 6) is 0.114. The molecule has 0 spiro atoms.